The molecule has 0 bridgehead atoms. The van der Waals surface area contributed by atoms with E-state index in [0.717, 1.165) is 5.69 Å². The fraction of sp³-hybridized carbons (Fsp3) is 0.222. The molecule has 0 spiro atoms. The number of carbonyl (C=O) groups is 2. The van der Waals surface area contributed by atoms with Crippen LogP contribution < -0.4 is 10.1 Å². The van der Waals surface area contributed by atoms with E-state index in [0.29, 0.717) is 5.69 Å². The average molecular weight is 370 g/mol. The third-order valence-electron chi connectivity index (χ3n) is 3.64. The Kier molecular flexibility index (Phi) is 5.20. The summed E-state index contributed by atoms with van der Waals surface area (Å²) < 4.78 is 16.8. The number of rotatable bonds is 6. The van der Waals surface area contributed by atoms with Crippen molar-refractivity contribution in [3.63, 3.8) is 0 Å². The molecule has 0 saturated heterocycles. The summed E-state index contributed by atoms with van der Waals surface area (Å²) in [5.74, 6) is -0.924. The maximum atomic E-state index is 12.4. The molecule has 3 aromatic rings. The van der Waals surface area contributed by atoms with Gasteiger partial charge in [0.2, 0.25) is 11.6 Å². The molecule has 0 unspecified atom stereocenters. The summed E-state index contributed by atoms with van der Waals surface area (Å²) in [6.07, 6.45) is 0.489. The summed E-state index contributed by atoms with van der Waals surface area (Å²) in [6, 6.07) is 10.8. The number of hydrogen-bond acceptors (Lipinski definition) is 7. The van der Waals surface area contributed by atoms with E-state index in [2.05, 4.69) is 15.6 Å². The van der Waals surface area contributed by atoms with Gasteiger partial charge < -0.3 is 14.0 Å². The molecule has 9 heteroatoms. The molecule has 2 heterocycles. The maximum absolute atomic E-state index is 12.4. The second kappa shape index (κ2) is 7.73. The lowest BCUT2D eigenvalue weighted by molar-refractivity contribution is -0.124. The van der Waals surface area contributed by atoms with E-state index in [4.69, 9.17) is 14.0 Å². The van der Waals surface area contributed by atoms with Crippen LogP contribution in [0.5, 0.6) is 5.75 Å². The number of aryl methyl sites for hydroxylation is 1. The molecule has 0 radical (unpaired) electrons. The van der Waals surface area contributed by atoms with Gasteiger partial charge in [-0.3, -0.25) is 10.1 Å². The van der Waals surface area contributed by atoms with Gasteiger partial charge in [-0.05, 0) is 26.0 Å². The zero-order valence-corrected chi connectivity index (χ0v) is 15.0. The molecule has 27 heavy (non-hydrogen) atoms. The van der Waals surface area contributed by atoms with Gasteiger partial charge in [0.05, 0.1) is 24.7 Å². The van der Waals surface area contributed by atoms with Gasteiger partial charge in [0, 0.05) is 6.07 Å². The molecule has 2 aromatic heterocycles. The smallest absolute Gasteiger partial charge is 0.363 e. The van der Waals surface area contributed by atoms with Gasteiger partial charge in [-0.1, -0.05) is 23.4 Å². The van der Waals surface area contributed by atoms with Crippen molar-refractivity contribution in [3.05, 3.63) is 54.0 Å². The van der Waals surface area contributed by atoms with Gasteiger partial charge in [0.15, 0.2) is 11.9 Å². The van der Waals surface area contributed by atoms with Gasteiger partial charge in [-0.15, -0.1) is 0 Å². The predicted octanol–water partition coefficient (Wildman–Crippen LogP) is 2.36. The normalized spacial score (nSPS) is 11.7. The van der Waals surface area contributed by atoms with Crippen LogP contribution in [0, 0.1) is 6.92 Å². The fourth-order valence-electron chi connectivity index (χ4n) is 2.28. The highest BCUT2D eigenvalue weighted by Crippen LogP contribution is 2.21. The van der Waals surface area contributed by atoms with Gasteiger partial charge in [-0.25, -0.2) is 9.48 Å². The summed E-state index contributed by atoms with van der Waals surface area (Å²) in [5.41, 5.74) is 1.34. The molecule has 1 atom stereocenters. The van der Waals surface area contributed by atoms with Crippen LogP contribution in [0.3, 0.4) is 0 Å². The van der Waals surface area contributed by atoms with Crippen LogP contribution >= 0.6 is 0 Å². The summed E-state index contributed by atoms with van der Waals surface area (Å²) >= 11 is 0. The number of carbonyl (C=O) groups excluding carboxylic acids is 2. The molecule has 0 aliphatic rings. The van der Waals surface area contributed by atoms with Crippen LogP contribution in [0.15, 0.2) is 47.1 Å². The molecule has 1 aromatic carbocycles. The van der Waals surface area contributed by atoms with E-state index in [1.807, 2.05) is 30.3 Å². The molecule has 0 saturated carbocycles. The van der Waals surface area contributed by atoms with Crippen molar-refractivity contribution in [2.45, 2.75) is 20.0 Å². The van der Waals surface area contributed by atoms with E-state index in [9.17, 15) is 9.59 Å². The minimum Gasteiger partial charge on any atom is -0.493 e. The van der Waals surface area contributed by atoms with Crippen LogP contribution in [-0.4, -0.2) is 40.0 Å². The van der Waals surface area contributed by atoms with Crippen molar-refractivity contribution in [2.24, 2.45) is 0 Å². The molecule has 0 aliphatic heterocycles. The van der Waals surface area contributed by atoms with Crippen molar-refractivity contribution in [3.8, 4) is 11.4 Å². The second-order valence-electron chi connectivity index (χ2n) is 5.70. The highest BCUT2D eigenvalue weighted by atomic mass is 16.6. The quantitative estimate of drug-likeness (QED) is 0.664. The number of anilines is 1. The van der Waals surface area contributed by atoms with E-state index in [-0.39, 0.29) is 17.3 Å². The first-order valence-corrected chi connectivity index (χ1v) is 8.12. The Labute approximate surface area is 154 Å². The highest BCUT2D eigenvalue weighted by molar-refractivity contribution is 5.96. The van der Waals surface area contributed by atoms with E-state index in [1.54, 1.807) is 19.2 Å². The van der Waals surface area contributed by atoms with Crippen LogP contribution in [0.4, 0.5) is 5.88 Å². The van der Waals surface area contributed by atoms with Crippen molar-refractivity contribution < 1.29 is 23.6 Å². The molecule has 0 aliphatic carbocycles. The number of amides is 1. The Morgan fingerprint density at radius 2 is 2.00 bits per heavy atom. The first-order valence-electron chi connectivity index (χ1n) is 8.12. The third kappa shape index (κ3) is 4.14. The Morgan fingerprint density at radius 1 is 1.26 bits per heavy atom. The highest BCUT2D eigenvalue weighted by Gasteiger charge is 2.25. The molecule has 140 valence electrons. The second-order valence-corrected chi connectivity index (χ2v) is 5.70. The van der Waals surface area contributed by atoms with Crippen molar-refractivity contribution in [1.29, 1.82) is 0 Å². The van der Waals surface area contributed by atoms with Crippen LogP contribution in [0.1, 0.15) is 23.1 Å². The molecule has 0 fully saturated rings. The summed E-state index contributed by atoms with van der Waals surface area (Å²) in [5, 5.41) is 10.3. The Balaban J connectivity index is 1.71. The SMILES string of the molecule is COc1cn(-c2ccccc2)nc1C(=O)O[C@H](C)C(=O)Nc1cc(C)no1. The average Bonchev–Trinajstić information content (AvgIpc) is 3.28. The molecule has 1 amide bonds. The summed E-state index contributed by atoms with van der Waals surface area (Å²) in [4.78, 5) is 24.6. The van der Waals surface area contributed by atoms with Crippen molar-refractivity contribution in [1.82, 2.24) is 14.9 Å². The van der Waals surface area contributed by atoms with Crippen LogP contribution in [0.25, 0.3) is 5.69 Å². The molecule has 9 nitrogen and oxygen atoms in total. The van der Waals surface area contributed by atoms with Crippen LogP contribution in [0.2, 0.25) is 0 Å². The number of hydrogen-bond donors (Lipinski definition) is 1. The van der Waals surface area contributed by atoms with E-state index in [1.165, 1.54) is 18.7 Å². The van der Waals surface area contributed by atoms with Crippen molar-refractivity contribution in [2.75, 3.05) is 12.4 Å². The number of ether oxygens (including phenoxy) is 2. The minimum absolute atomic E-state index is 0.0310. The number of nitrogens with zero attached hydrogens (tertiary/aromatic N) is 3. The topological polar surface area (TPSA) is 108 Å². The lowest BCUT2D eigenvalue weighted by Crippen LogP contribution is -2.30. The number of nitrogens with one attached hydrogen (secondary N) is 1. The largest absolute Gasteiger partial charge is 0.493 e. The number of methoxy groups -OCH3 is 1. The molecule has 3 rings (SSSR count). The van der Waals surface area contributed by atoms with Gasteiger partial charge in [0.25, 0.3) is 5.91 Å². The van der Waals surface area contributed by atoms with Gasteiger partial charge >= 0.3 is 5.97 Å². The lowest BCUT2D eigenvalue weighted by Gasteiger charge is -2.11. The number of esters is 1. The lowest BCUT2D eigenvalue weighted by atomic mass is 10.3. The van der Waals surface area contributed by atoms with Crippen LogP contribution in [-0.2, 0) is 9.53 Å². The summed E-state index contributed by atoms with van der Waals surface area (Å²) in [6.45, 7) is 3.16. The summed E-state index contributed by atoms with van der Waals surface area (Å²) in [7, 11) is 1.42. The predicted molar refractivity (Wildman–Crippen MR) is 94.9 cm³/mol. The minimum atomic E-state index is -1.07. The molecular formula is C18H18N4O5. The number of aromatic nitrogens is 3. The fourth-order valence-corrected chi connectivity index (χ4v) is 2.28. The Bertz CT molecular complexity index is 948. The molecular weight excluding hydrogens is 352 g/mol. The number of para-hydroxylation sites is 1. The monoisotopic (exact) mass is 370 g/mol. The Hall–Kier alpha value is -3.62. The first kappa shape index (κ1) is 18.2. The van der Waals surface area contributed by atoms with E-state index < -0.39 is 18.0 Å². The number of benzene rings is 1. The standard InChI is InChI=1S/C18H18N4O5/c1-11-9-15(27-21-11)19-17(23)12(2)26-18(24)16-14(25-3)10-22(20-16)13-7-5-4-6-8-13/h4-10,12H,1-3H3,(H,19,23)/t12-/m1/s1. The Morgan fingerprint density at radius 3 is 2.63 bits per heavy atom. The van der Waals surface area contributed by atoms with Gasteiger partial charge in [-0.2, -0.15) is 5.10 Å². The zero-order valence-electron chi connectivity index (χ0n) is 15.0. The zero-order chi connectivity index (χ0) is 19.4. The third-order valence-corrected chi connectivity index (χ3v) is 3.64. The molecule has 1 N–H and O–H groups in total. The van der Waals surface area contributed by atoms with Gasteiger partial charge in [0.1, 0.15) is 0 Å². The first-order chi connectivity index (χ1) is 13.0. The van der Waals surface area contributed by atoms with E-state index >= 15 is 0 Å². The van der Waals surface area contributed by atoms with Crippen molar-refractivity contribution >= 4 is 17.8 Å². The maximum Gasteiger partial charge on any atom is 0.363 e.